The second-order valence-electron chi connectivity index (χ2n) is 3.83. The van der Waals surface area contributed by atoms with Crippen LogP contribution < -0.4 is 5.32 Å². The summed E-state index contributed by atoms with van der Waals surface area (Å²) in [6.45, 7) is 0.619. The Morgan fingerprint density at radius 3 is 2.72 bits per heavy atom. The third kappa shape index (κ3) is 5.50. The molecule has 1 rings (SSSR count). The van der Waals surface area contributed by atoms with Crippen molar-refractivity contribution in [2.24, 2.45) is 0 Å². The predicted octanol–water partition coefficient (Wildman–Crippen LogP) is 1.91. The molecule has 7 heteroatoms. The average Bonchev–Trinajstić information content (AvgIpc) is 2.74. The number of carbonyl (C=O) groups is 1. The van der Waals surface area contributed by atoms with E-state index < -0.39 is 5.76 Å². The Morgan fingerprint density at radius 1 is 1.44 bits per heavy atom. The molecule has 1 aromatic heterocycles. The number of carbonyl (C=O) groups excluding carboxylic acids is 1. The van der Waals surface area contributed by atoms with Crippen LogP contribution >= 0.6 is 11.8 Å². The first-order chi connectivity index (χ1) is 8.49. The molecule has 0 saturated carbocycles. The van der Waals surface area contributed by atoms with Gasteiger partial charge in [-0.2, -0.15) is 8.78 Å². The van der Waals surface area contributed by atoms with Crippen molar-refractivity contribution in [1.82, 2.24) is 10.2 Å². The van der Waals surface area contributed by atoms with Crippen molar-refractivity contribution in [1.29, 1.82) is 0 Å². The van der Waals surface area contributed by atoms with Crippen LogP contribution in [0.1, 0.15) is 11.5 Å². The van der Waals surface area contributed by atoms with Crippen LogP contribution in [0.3, 0.4) is 0 Å². The highest BCUT2D eigenvalue weighted by Crippen LogP contribution is 2.21. The molecular formula is C11H16F2N2O2S. The van der Waals surface area contributed by atoms with E-state index in [0.717, 1.165) is 0 Å². The van der Waals surface area contributed by atoms with Gasteiger partial charge in [-0.15, -0.1) is 0 Å². The molecule has 1 amide bonds. The fourth-order valence-corrected chi connectivity index (χ4v) is 1.64. The van der Waals surface area contributed by atoms with Gasteiger partial charge < -0.3 is 14.6 Å². The second kappa shape index (κ2) is 7.38. The van der Waals surface area contributed by atoms with Crippen LogP contribution in [0.15, 0.2) is 16.5 Å². The van der Waals surface area contributed by atoms with Gasteiger partial charge in [0, 0.05) is 14.1 Å². The van der Waals surface area contributed by atoms with E-state index in [2.05, 4.69) is 5.32 Å². The predicted molar refractivity (Wildman–Crippen MR) is 66.4 cm³/mol. The van der Waals surface area contributed by atoms with E-state index in [0.29, 0.717) is 29.8 Å². The van der Waals surface area contributed by atoms with Crippen LogP contribution in [0.5, 0.6) is 0 Å². The zero-order valence-corrected chi connectivity index (χ0v) is 11.1. The highest BCUT2D eigenvalue weighted by Gasteiger charge is 2.08. The highest BCUT2D eigenvalue weighted by molar-refractivity contribution is 7.98. The Labute approximate surface area is 109 Å². The number of likely N-dealkylation sites (N-methyl/N-ethyl adjacent to an activating group) is 1. The van der Waals surface area contributed by atoms with Crippen molar-refractivity contribution in [3.05, 3.63) is 23.7 Å². The molecular weight excluding hydrogens is 262 g/mol. The minimum Gasteiger partial charge on any atom is -0.464 e. The Kier molecular flexibility index (Phi) is 6.14. The number of halogens is 2. The zero-order valence-electron chi connectivity index (χ0n) is 10.3. The number of furan rings is 1. The maximum absolute atomic E-state index is 12.0. The summed E-state index contributed by atoms with van der Waals surface area (Å²) < 4.78 is 29.3. The van der Waals surface area contributed by atoms with Crippen LogP contribution in [0.4, 0.5) is 8.78 Å². The number of nitrogens with zero attached hydrogens (tertiary/aromatic N) is 1. The molecule has 0 atom stereocenters. The number of hydrogen-bond acceptors (Lipinski definition) is 4. The number of alkyl halides is 2. The smallest absolute Gasteiger partial charge is 0.284 e. The van der Waals surface area contributed by atoms with E-state index in [1.807, 2.05) is 0 Å². The molecule has 0 aliphatic heterocycles. The average molecular weight is 278 g/mol. The van der Waals surface area contributed by atoms with E-state index in [4.69, 9.17) is 4.42 Å². The second-order valence-corrected chi connectivity index (χ2v) is 4.81. The van der Waals surface area contributed by atoms with Crippen molar-refractivity contribution in [3.8, 4) is 0 Å². The maximum Gasteiger partial charge on any atom is 0.284 e. The van der Waals surface area contributed by atoms with Crippen LogP contribution in [-0.4, -0.2) is 37.2 Å². The lowest BCUT2D eigenvalue weighted by Gasteiger charge is -2.09. The first-order valence-electron chi connectivity index (χ1n) is 5.37. The van der Waals surface area contributed by atoms with Gasteiger partial charge in [-0.3, -0.25) is 4.79 Å². The lowest BCUT2D eigenvalue weighted by molar-refractivity contribution is -0.127. The van der Waals surface area contributed by atoms with Crippen molar-refractivity contribution in [3.63, 3.8) is 0 Å². The molecule has 1 aromatic rings. The van der Waals surface area contributed by atoms with E-state index in [-0.39, 0.29) is 18.2 Å². The summed E-state index contributed by atoms with van der Waals surface area (Å²) in [6, 6.07) is 3.38. The Balaban J connectivity index is 2.29. The van der Waals surface area contributed by atoms with E-state index in [1.165, 1.54) is 4.90 Å². The fraction of sp³-hybridized carbons (Fsp3) is 0.545. The quantitative estimate of drug-likeness (QED) is 0.827. The van der Waals surface area contributed by atoms with Crippen LogP contribution in [-0.2, 0) is 17.1 Å². The minimum atomic E-state index is -2.39. The molecule has 0 radical (unpaired) electrons. The Morgan fingerprint density at radius 2 is 2.11 bits per heavy atom. The van der Waals surface area contributed by atoms with Gasteiger partial charge in [0.15, 0.2) is 0 Å². The molecule has 0 bridgehead atoms. The van der Waals surface area contributed by atoms with Crippen LogP contribution in [0.25, 0.3) is 0 Å². The monoisotopic (exact) mass is 278 g/mol. The molecule has 0 aliphatic rings. The van der Waals surface area contributed by atoms with Crippen LogP contribution in [0.2, 0.25) is 0 Å². The largest absolute Gasteiger partial charge is 0.464 e. The number of rotatable bonds is 7. The van der Waals surface area contributed by atoms with Gasteiger partial charge in [-0.25, -0.2) is 0 Å². The van der Waals surface area contributed by atoms with Crippen molar-refractivity contribution in [2.75, 3.05) is 20.6 Å². The maximum atomic E-state index is 12.0. The molecule has 1 heterocycles. The van der Waals surface area contributed by atoms with Gasteiger partial charge in [0.25, 0.3) is 5.76 Å². The Hall–Kier alpha value is -1.08. The lowest BCUT2D eigenvalue weighted by Crippen LogP contribution is -2.32. The normalized spacial score (nSPS) is 10.9. The van der Waals surface area contributed by atoms with Gasteiger partial charge in [0.1, 0.15) is 11.5 Å². The number of thioether (sulfide) groups is 1. The Bertz CT molecular complexity index is 383. The lowest BCUT2D eigenvalue weighted by atomic mass is 10.4. The van der Waals surface area contributed by atoms with Gasteiger partial charge >= 0.3 is 0 Å². The summed E-state index contributed by atoms with van der Waals surface area (Å²) in [5.41, 5.74) is 0. The molecule has 0 spiro atoms. The number of nitrogens with one attached hydrogen (secondary N) is 1. The summed E-state index contributed by atoms with van der Waals surface area (Å²) in [6.07, 6.45) is 0. The summed E-state index contributed by atoms with van der Waals surface area (Å²) in [5.74, 6) is -1.14. The first-order valence-corrected chi connectivity index (χ1v) is 6.42. The van der Waals surface area contributed by atoms with E-state index in [9.17, 15) is 13.6 Å². The zero-order chi connectivity index (χ0) is 13.5. The summed E-state index contributed by atoms with van der Waals surface area (Å²) in [7, 11) is 3.35. The van der Waals surface area contributed by atoms with Gasteiger partial charge in [-0.05, 0) is 12.1 Å². The molecule has 0 unspecified atom stereocenters. The van der Waals surface area contributed by atoms with Gasteiger partial charge in [0.2, 0.25) is 5.91 Å². The SMILES string of the molecule is CN(C)C(=O)CNCc1ccc(CSC(F)F)o1. The first kappa shape index (κ1) is 15.0. The molecule has 0 fully saturated rings. The third-order valence-electron chi connectivity index (χ3n) is 2.14. The molecule has 0 aliphatic carbocycles. The highest BCUT2D eigenvalue weighted by atomic mass is 32.2. The fourth-order valence-electron chi connectivity index (χ4n) is 1.19. The minimum absolute atomic E-state index is 0.0324. The molecule has 4 nitrogen and oxygen atoms in total. The third-order valence-corrected chi connectivity index (χ3v) is 2.85. The van der Waals surface area contributed by atoms with E-state index >= 15 is 0 Å². The van der Waals surface area contributed by atoms with E-state index in [1.54, 1.807) is 26.2 Å². The molecule has 1 N–H and O–H groups in total. The summed E-state index contributed by atoms with van der Waals surface area (Å²) in [4.78, 5) is 12.7. The molecule has 0 saturated heterocycles. The molecule has 18 heavy (non-hydrogen) atoms. The molecule has 0 aromatic carbocycles. The van der Waals surface area contributed by atoms with Crippen LogP contribution in [0, 0.1) is 0 Å². The number of hydrogen-bond donors (Lipinski definition) is 1. The van der Waals surface area contributed by atoms with Gasteiger partial charge in [-0.1, -0.05) is 11.8 Å². The summed E-state index contributed by atoms with van der Waals surface area (Å²) in [5, 5.41) is 2.92. The number of amides is 1. The molecule has 102 valence electrons. The topological polar surface area (TPSA) is 45.5 Å². The van der Waals surface area contributed by atoms with Gasteiger partial charge in [0.05, 0.1) is 18.8 Å². The summed E-state index contributed by atoms with van der Waals surface area (Å²) >= 11 is 0.522. The van der Waals surface area contributed by atoms with Crippen molar-refractivity contribution < 1.29 is 18.0 Å². The van der Waals surface area contributed by atoms with Crippen molar-refractivity contribution >= 4 is 17.7 Å². The van der Waals surface area contributed by atoms with Crippen molar-refractivity contribution in [2.45, 2.75) is 18.1 Å². The standard InChI is InChI=1S/C11H16F2N2O2S/c1-15(2)10(16)6-14-5-8-3-4-9(17-8)7-18-11(12)13/h3-4,11,14H,5-7H2,1-2H3.